The molecule has 2 aliphatic heterocycles. The maximum atomic E-state index is 12.9. The molecule has 3 heterocycles. The number of amides is 1. The van der Waals surface area contributed by atoms with Crippen LogP contribution in [-0.4, -0.2) is 78.3 Å². The van der Waals surface area contributed by atoms with Gasteiger partial charge in [-0.2, -0.15) is 16.1 Å². The number of nitrogens with zero attached hydrogens (tertiary/aromatic N) is 3. The maximum absolute atomic E-state index is 12.9. The van der Waals surface area contributed by atoms with Gasteiger partial charge in [0.25, 0.3) is 0 Å². The molecule has 31 heavy (non-hydrogen) atoms. The maximum Gasteiger partial charge on any atom is 0.246 e. The Kier molecular flexibility index (Phi) is 7.48. The number of carbonyl (C=O) groups is 1. The monoisotopic (exact) mass is 486 g/mol. The molecular formula is C21H31ClN4O3S2. The van der Waals surface area contributed by atoms with Crippen LogP contribution in [0.2, 0.25) is 5.15 Å². The molecular weight excluding hydrogens is 456 g/mol. The van der Waals surface area contributed by atoms with E-state index in [-0.39, 0.29) is 27.4 Å². The fraction of sp³-hybridized carbons (Fsp3) is 0.714. The Bertz CT molecular complexity index is 878. The van der Waals surface area contributed by atoms with Crippen molar-refractivity contribution in [2.75, 3.05) is 44.2 Å². The first-order valence-electron chi connectivity index (χ1n) is 11.1. The van der Waals surface area contributed by atoms with Crippen molar-refractivity contribution in [1.29, 1.82) is 0 Å². The number of sulfonamides is 1. The van der Waals surface area contributed by atoms with Gasteiger partial charge < -0.3 is 5.32 Å². The van der Waals surface area contributed by atoms with E-state index in [1.54, 1.807) is 6.07 Å². The van der Waals surface area contributed by atoms with Gasteiger partial charge in [0, 0.05) is 61.9 Å². The van der Waals surface area contributed by atoms with Gasteiger partial charge in [-0.1, -0.05) is 24.4 Å². The van der Waals surface area contributed by atoms with Gasteiger partial charge in [0.05, 0.1) is 0 Å². The van der Waals surface area contributed by atoms with E-state index in [4.69, 9.17) is 11.6 Å². The second-order valence-corrected chi connectivity index (χ2v) is 12.2. The molecule has 3 fully saturated rings. The van der Waals surface area contributed by atoms with Crippen molar-refractivity contribution in [3.63, 3.8) is 0 Å². The van der Waals surface area contributed by atoms with Crippen LogP contribution in [-0.2, 0) is 14.8 Å². The van der Waals surface area contributed by atoms with Gasteiger partial charge in [0.15, 0.2) is 0 Å². The van der Waals surface area contributed by atoms with Crippen molar-refractivity contribution in [3.05, 3.63) is 23.5 Å². The lowest BCUT2D eigenvalue weighted by Gasteiger charge is -2.44. The van der Waals surface area contributed by atoms with Crippen molar-refractivity contribution >= 4 is 39.3 Å². The third kappa shape index (κ3) is 5.05. The average Bonchev–Trinajstić information content (AvgIpc) is 3.28. The highest BCUT2D eigenvalue weighted by Crippen LogP contribution is 2.36. The molecule has 0 radical (unpaired) electrons. The quantitative estimate of drug-likeness (QED) is 0.622. The summed E-state index contributed by atoms with van der Waals surface area (Å²) in [5.41, 5.74) is 0.109. The minimum Gasteiger partial charge on any atom is -0.354 e. The number of thioether (sulfide) groups is 1. The van der Waals surface area contributed by atoms with E-state index in [2.05, 4.69) is 15.2 Å². The predicted octanol–water partition coefficient (Wildman–Crippen LogP) is 2.61. The van der Waals surface area contributed by atoms with Gasteiger partial charge >= 0.3 is 0 Å². The molecule has 4 rings (SSSR count). The summed E-state index contributed by atoms with van der Waals surface area (Å²) in [6, 6.07) is 3.04. The van der Waals surface area contributed by atoms with Crippen molar-refractivity contribution < 1.29 is 13.2 Å². The summed E-state index contributed by atoms with van der Waals surface area (Å²) in [5.74, 6) is 2.26. The summed E-state index contributed by atoms with van der Waals surface area (Å²) in [4.78, 5) is 19.4. The number of hydrogen-bond acceptors (Lipinski definition) is 6. The number of halogens is 1. The van der Waals surface area contributed by atoms with Gasteiger partial charge in [-0.25, -0.2) is 13.4 Å². The molecule has 1 saturated carbocycles. The SMILES string of the molecule is O=C(NCC1(N2CCSCC2)CCCC1)C1CCN(S(=O)(=O)c2cccnc2Cl)CC1. The van der Waals surface area contributed by atoms with Crippen molar-refractivity contribution in [2.45, 2.75) is 49.0 Å². The Morgan fingerprint density at radius 3 is 2.52 bits per heavy atom. The smallest absolute Gasteiger partial charge is 0.246 e. The van der Waals surface area contributed by atoms with Crippen molar-refractivity contribution in [3.8, 4) is 0 Å². The minimum absolute atomic E-state index is 0.0136. The van der Waals surface area contributed by atoms with Crippen LogP contribution in [0, 0.1) is 5.92 Å². The molecule has 1 aliphatic carbocycles. The average molecular weight is 487 g/mol. The summed E-state index contributed by atoms with van der Waals surface area (Å²) in [5, 5.41) is 3.23. The lowest BCUT2D eigenvalue weighted by molar-refractivity contribution is -0.126. The molecule has 0 atom stereocenters. The van der Waals surface area contributed by atoms with Gasteiger partial charge in [-0.15, -0.1) is 0 Å². The first-order valence-corrected chi connectivity index (χ1v) is 14.1. The Balaban J connectivity index is 1.32. The molecule has 1 amide bonds. The Hall–Kier alpha value is -0.870. The number of hydrogen-bond donors (Lipinski definition) is 1. The first kappa shape index (κ1) is 23.3. The zero-order chi connectivity index (χ0) is 21.9. The van der Waals surface area contributed by atoms with Gasteiger partial charge in [0.2, 0.25) is 15.9 Å². The van der Waals surface area contributed by atoms with E-state index >= 15 is 0 Å². The summed E-state index contributed by atoms with van der Waals surface area (Å²) < 4.78 is 27.2. The van der Waals surface area contributed by atoms with Crippen molar-refractivity contribution in [2.24, 2.45) is 5.92 Å². The van der Waals surface area contributed by atoms with Crippen LogP contribution >= 0.6 is 23.4 Å². The van der Waals surface area contributed by atoms with Crippen LogP contribution in [0.1, 0.15) is 38.5 Å². The van der Waals surface area contributed by atoms with Crippen molar-refractivity contribution in [1.82, 2.24) is 19.5 Å². The molecule has 1 aromatic rings. The number of rotatable bonds is 6. The molecule has 1 aromatic heterocycles. The standard InChI is InChI=1S/C21H31ClN4O3S2/c22-19-18(4-3-9-23-19)31(28,29)26-10-5-17(6-11-26)20(27)24-16-21(7-1-2-8-21)25-12-14-30-15-13-25/h3-4,9,17H,1-2,5-8,10-16H2,(H,24,27). The molecule has 10 heteroatoms. The molecule has 0 spiro atoms. The van der Waals surface area contributed by atoms with Crippen LogP contribution in [0.5, 0.6) is 0 Å². The highest BCUT2D eigenvalue weighted by atomic mass is 35.5. The zero-order valence-electron chi connectivity index (χ0n) is 17.8. The van der Waals surface area contributed by atoms with E-state index in [1.807, 2.05) is 11.8 Å². The van der Waals surface area contributed by atoms with Gasteiger partial charge in [0.1, 0.15) is 10.0 Å². The summed E-state index contributed by atoms with van der Waals surface area (Å²) >= 11 is 8.01. The van der Waals surface area contributed by atoms with E-state index in [0.717, 1.165) is 25.9 Å². The van der Waals surface area contributed by atoms with Gasteiger partial charge in [-0.3, -0.25) is 9.69 Å². The van der Waals surface area contributed by atoms with Gasteiger partial charge in [-0.05, 0) is 37.8 Å². The Morgan fingerprint density at radius 1 is 1.19 bits per heavy atom. The van der Waals surface area contributed by atoms with E-state index in [0.29, 0.717) is 32.5 Å². The lowest BCUT2D eigenvalue weighted by atomic mass is 9.93. The second kappa shape index (κ2) is 9.95. The summed E-state index contributed by atoms with van der Waals surface area (Å²) in [6.07, 6.45) is 7.28. The van der Waals surface area contributed by atoms with Crippen LogP contribution in [0.4, 0.5) is 0 Å². The summed E-state index contributed by atoms with van der Waals surface area (Å²) in [6.45, 7) is 3.56. The molecule has 1 N–H and O–H groups in total. The fourth-order valence-electron chi connectivity index (χ4n) is 5.13. The van der Waals surface area contributed by atoms with E-state index < -0.39 is 10.0 Å². The van der Waals surface area contributed by atoms with E-state index in [9.17, 15) is 13.2 Å². The molecule has 0 unspecified atom stereocenters. The molecule has 7 nitrogen and oxygen atoms in total. The molecule has 0 aromatic carbocycles. The molecule has 2 saturated heterocycles. The topological polar surface area (TPSA) is 82.6 Å². The summed E-state index contributed by atoms with van der Waals surface area (Å²) in [7, 11) is -3.69. The Labute approximate surface area is 194 Å². The number of nitrogens with one attached hydrogen (secondary N) is 1. The second-order valence-electron chi connectivity index (χ2n) is 8.72. The zero-order valence-corrected chi connectivity index (χ0v) is 20.2. The van der Waals surface area contributed by atoms with Crippen LogP contribution < -0.4 is 5.32 Å². The fourth-order valence-corrected chi connectivity index (χ4v) is 7.93. The first-order chi connectivity index (χ1) is 14.9. The highest BCUT2D eigenvalue weighted by Gasteiger charge is 2.41. The molecule has 3 aliphatic rings. The third-order valence-electron chi connectivity index (χ3n) is 6.98. The number of aromatic nitrogens is 1. The normalized spacial score (nSPS) is 23.6. The largest absolute Gasteiger partial charge is 0.354 e. The molecule has 0 bridgehead atoms. The van der Waals surface area contributed by atoms with Crippen LogP contribution in [0.25, 0.3) is 0 Å². The third-order valence-corrected chi connectivity index (χ3v) is 10.3. The van der Waals surface area contributed by atoms with Crippen LogP contribution in [0.15, 0.2) is 23.2 Å². The Morgan fingerprint density at radius 2 is 1.87 bits per heavy atom. The minimum atomic E-state index is -3.69. The lowest BCUT2D eigenvalue weighted by Crippen LogP contribution is -2.57. The number of pyridine rings is 1. The molecule has 172 valence electrons. The van der Waals surface area contributed by atoms with Crippen LogP contribution in [0.3, 0.4) is 0 Å². The van der Waals surface area contributed by atoms with E-state index in [1.165, 1.54) is 40.9 Å². The number of carbonyl (C=O) groups excluding carboxylic acids is 1. The predicted molar refractivity (Wildman–Crippen MR) is 124 cm³/mol. The highest BCUT2D eigenvalue weighted by molar-refractivity contribution is 7.99. The number of piperidine rings is 1.